The summed E-state index contributed by atoms with van der Waals surface area (Å²) < 4.78 is 0. The highest BCUT2D eigenvalue weighted by Gasteiger charge is 2.45. The summed E-state index contributed by atoms with van der Waals surface area (Å²) in [6.07, 6.45) is 1.13. The van der Waals surface area contributed by atoms with Gasteiger partial charge in [0, 0.05) is 20.1 Å². The summed E-state index contributed by atoms with van der Waals surface area (Å²) in [5.74, 6) is -0.327. The van der Waals surface area contributed by atoms with Crippen LogP contribution in [0.5, 0.6) is 0 Å². The monoisotopic (exact) mass is 228 g/mol. The van der Waals surface area contributed by atoms with E-state index in [1.165, 1.54) is 4.90 Å². The molecule has 1 unspecified atom stereocenters. The van der Waals surface area contributed by atoms with E-state index >= 15 is 0 Å². The highest BCUT2D eigenvalue weighted by molar-refractivity contribution is 5.75. The molecule has 2 N–H and O–H groups in total. The van der Waals surface area contributed by atoms with Crippen molar-refractivity contribution in [3.8, 4) is 0 Å². The van der Waals surface area contributed by atoms with Gasteiger partial charge in [0.2, 0.25) is 0 Å². The Hall–Kier alpha value is -1.26. The average Bonchev–Trinajstić information content (AvgIpc) is 2.79. The molecular formula is C11H20N2O3. The number of carbonyl (C=O) groups excluding carboxylic acids is 1. The molecular weight excluding hydrogens is 208 g/mol. The standard InChI is InChI=1S/C11H20N2O3/c1-11(2)6-8(11)7-12-10(16)13(3)5-4-9(14)15/h8H,4-7H2,1-3H3,(H,12,16)(H,14,15). The van der Waals surface area contributed by atoms with Crippen LogP contribution in [0, 0.1) is 11.3 Å². The summed E-state index contributed by atoms with van der Waals surface area (Å²) in [4.78, 5) is 23.3. The molecule has 1 rings (SSSR count). The van der Waals surface area contributed by atoms with Crippen LogP contribution >= 0.6 is 0 Å². The molecule has 92 valence electrons. The van der Waals surface area contributed by atoms with Gasteiger partial charge in [0.25, 0.3) is 0 Å². The number of nitrogens with zero attached hydrogens (tertiary/aromatic N) is 1. The van der Waals surface area contributed by atoms with Gasteiger partial charge >= 0.3 is 12.0 Å². The van der Waals surface area contributed by atoms with Crippen molar-refractivity contribution in [3.05, 3.63) is 0 Å². The second-order valence-electron chi connectivity index (χ2n) is 5.14. The number of carboxylic acids is 1. The van der Waals surface area contributed by atoms with Gasteiger partial charge < -0.3 is 15.3 Å². The molecule has 1 aliphatic carbocycles. The van der Waals surface area contributed by atoms with Crippen LogP contribution in [-0.2, 0) is 4.79 Å². The van der Waals surface area contributed by atoms with Gasteiger partial charge in [-0.05, 0) is 17.8 Å². The van der Waals surface area contributed by atoms with Gasteiger partial charge in [-0.15, -0.1) is 0 Å². The first-order valence-electron chi connectivity index (χ1n) is 5.53. The molecule has 0 saturated heterocycles. The van der Waals surface area contributed by atoms with Crippen molar-refractivity contribution < 1.29 is 14.7 Å². The first-order valence-corrected chi connectivity index (χ1v) is 5.53. The Morgan fingerprint density at radius 2 is 2.06 bits per heavy atom. The number of urea groups is 1. The van der Waals surface area contributed by atoms with Crippen LogP contribution in [0.25, 0.3) is 0 Å². The number of hydrogen-bond acceptors (Lipinski definition) is 2. The molecule has 5 nitrogen and oxygen atoms in total. The van der Waals surface area contributed by atoms with Crippen LogP contribution in [0.15, 0.2) is 0 Å². The van der Waals surface area contributed by atoms with Crippen molar-refractivity contribution in [3.63, 3.8) is 0 Å². The summed E-state index contributed by atoms with van der Waals surface area (Å²) in [7, 11) is 1.61. The van der Waals surface area contributed by atoms with E-state index in [4.69, 9.17) is 5.11 Å². The molecule has 0 aliphatic heterocycles. The third-order valence-electron chi connectivity index (χ3n) is 3.23. The maximum Gasteiger partial charge on any atom is 0.317 e. The Bertz CT molecular complexity index is 289. The zero-order chi connectivity index (χ0) is 12.3. The molecule has 1 atom stereocenters. The van der Waals surface area contributed by atoms with E-state index in [-0.39, 0.29) is 19.0 Å². The molecule has 5 heteroatoms. The van der Waals surface area contributed by atoms with Gasteiger partial charge in [-0.1, -0.05) is 13.8 Å². The zero-order valence-electron chi connectivity index (χ0n) is 10.1. The quantitative estimate of drug-likeness (QED) is 0.741. The molecule has 0 aromatic carbocycles. The van der Waals surface area contributed by atoms with E-state index in [9.17, 15) is 9.59 Å². The SMILES string of the molecule is CN(CCC(=O)O)C(=O)NCC1CC1(C)C. The minimum Gasteiger partial charge on any atom is -0.481 e. The number of aliphatic carboxylic acids is 1. The zero-order valence-corrected chi connectivity index (χ0v) is 10.1. The van der Waals surface area contributed by atoms with Gasteiger partial charge in [0.05, 0.1) is 6.42 Å². The number of hydrogen-bond donors (Lipinski definition) is 2. The Kier molecular flexibility index (Phi) is 3.78. The van der Waals surface area contributed by atoms with Crippen LogP contribution in [0.3, 0.4) is 0 Å². The first kappa shape index (κ1) is 12.8. The maximum absolute atomic E-state index is 11.5. The summed E-state index contributed by atoms with van der Waals surface area (Å²) in [6.45, 7) is 5.29. The topological polar surface area (TPSA) is 69.6 Å². The van der Waals surface area contributed by atoms with Crippen molar-refractivity contribution in [2.24, 2.45) is 11.3 Å². The summed E-state index contributed by atoms with van der Waals surface area (Å²) >= 11 is 0. The number of carboxylic acid groups (broad SMARTS) is 1. The average molecular weight is 228 g/mol. The second kappa shape index (κ2) is 4.72. The summed E-state index contributed by atoms with van der Waals surface area (Å²) in [5, 5.41) is 11.3. The minimum absolute atomic E-state index is 0.0150. The van der Waals surface area contributed by atoms with Crippen LogP contribution in [0.4, 0.5) is 4.79 Å². The molecule has 16 heavy (non-hydrogen) atoms. The molecule has 0 radical (unpaired) electrons. The Morgan fingerprint density at radius 3 is 2.50 bits per heavy atom. The van der Waals surface area contributed by atoms with E-state index in [0.29, 0.717) is 17.9 Å². The van der Waals surface area contributed by atoms with Crippen LogP contribution < -0.4 is 5.32 Å². The minimum atomic E-state index is -0.886. The molecule has 0 aromatic rings. The van der Waals surface area contributed by atoms with Crippen LogP contribution in [-0.4, -0.2) is 42.1 Å². The lowest BCUT2D eigenvalue weighted by atomic mass is 10.1. The third kappa shape index (κ3) is 3.72. The lowest BCUT2D eigenvalue weighted by Gasteiger charge is -2.17. The van der Waals surface area contributed by atoms with E-state index < -0.39 is 5.97 Å². The third-order valence-corrected chi connectivity index (χ3v) is 3.23. The Morgan fingerprint density at radius 1 is 1.50 bits per heavy atom. The Labute approximate surface area is 95.8 Å². The van der Waals surface area contributed by atoms with E-state index in [2.05, 4.69) is 19.2 Å². The van der Waals surface area contributed by atoms with Gasteiger partial charge in [-0.2, -0.15) is 0 Å². The van der Waals surface area contributed by atoms with E-state index in [1.807, 2.05) is 0 Å². The van der Waals surface area contributed by atoms with Crippen LogP contribution in [0.1, 0.15) is 26.7 Å². The number of rotatable bonds is 5. The lowest BCUT2D eigenvalue weighted by Crippen LogP contribution is -2.39. The van der Waals surface area contributed by atoms with Crippen molar-refractivity contribution >= 4 is 12.0 Å². The van der Waals surface area contributed by atoms with Crippen molar-refractivity contribution in [1.82, 2.24) is 10.2 Å². The van der Waals surface area contributed by atoms with Crippen molar-refractivity contribution in [2.45, 2.75) is 26.7 Å². The molecule has 0 bridgehead atoms. The van der Waals surface area contributed by atoms with Gasteiger partial charge in [0.15, 0.2) is 0 Å². The molecule has 2 amide bonds. The molecule has 0 aromatic heterocycles. The fraction of sp³-hybridized carbons (Fsp3) is 0.818. The number of amides is 2. The highest BCUT2D eigenvalue weighted by atomic mass is 16.4. The van der Waals surface area contributed by atoms with Crippen LogP contribution in [0.2, 0.25) is 0 Å². The van der Waals surface area contributed by atoms with Crippen molar-refractivity contribution in [2.75, 3.05) is 20.1 Å². The summed E-state index contributed by atoms with van der Waals surface area (Å²) in [6, 6.07) is -0.191. The van der Waals surface area contributed by atoms with E-state index in [1.54, 1.807) is 7.05 Å². The lowest BCUT2D eigenvalue weighted by molar-refractivity contribution is -0.137. The van der Waals surface area contributed by atoms with Gasteiger partial charge in [-0.3, -0.25) is 4.79 Å². The number of nitrogens with one attached hydrogen (secondary N) is 1. The molecule has 1 aliphatic rings. The molecule has 0 spiro atoms. The Balaban J connectivity index is 2.17. The predicted molar refractivity (Wildman–Crippen MR) is 60.2 cm³/mol. The second-order valence-corrected chi connectivity index (χ2v) is 5.14. The van der Waals surface area contributed by atoms with Crippen molar-refractivity contribution in [1.29, 1.82) is 0 Å². The molecule has 0 heterocycles. The first-order chi connectivity index (χ1) is 7.33. The summed E-state index contributed by atoms with van der Waals surface area (Å²) in [5.41, 5.74) is 0.354. The fourth-order valence-corrected chi connectivity index (χ4v) is 1.63. The predicted octanol–water partition coefficient (Wildman–Crippen LogP) is 1.15. The number of carbonyl (C=O) groups is 2. The highest BCUT2D eigenvalue weighted by Crippen LogP contribution is 2.50. The maximum atomic E-state index is 11.5. The molecule has 1 fully saturated rings. The smallest absolute Gasteiger partial charge is 0.317 e. The molecule has 1 saturated carbocycles. The largest absolute Gasteiger partial charge is 0.481 e. The van der Waals surface area contributed by atoms with Gasteiger partial charge in [0.1, 0.15) is 0 Å². The normalized spacial score (nSPS) is 21.3. The fourth-order valence-electron chi connectivity index (χ4n) is 1.63. The van der Waals surface area contributed by atoms with E-state index in [0.717, 1.165) is 6.42 Å². The van der Waals surface area contributed by atoms with Gasteiger partial charge in [-0.25, -0.2) is 4.79 Å².